The van der Waals surface area contributed by atoms with Gasteiger partial charge in [-0.2, -0.15) is 9.97 Å². The Bertz CT molecular complexity index is 1980. The molecular weight excluding hydrogens is 607 g/mol. The molecule has 0 radical (unpaired) electrons. The van der Waals surface area contributed by atoms with Gasteiger partial charge in [0.15, 0.2) is 5.82 Å². The maximum Gasteiger partial charge on any atom is 0.319 e. The number of halogens is 3. The molecule has 11 heteroatoms. The lowest BCUT2D eigenvalue weighted by molar-refractivity contribution is 0.0176. The van der Waals surface area contributed by atoms with E-state index in [4.69, 9.17) is 20.9 Å². The highest BCUT2D eigenvalue weighted by Crippen LogP contribution is 2.48. The lowest BCUT2D eigenvalue weighted by Gasteiger charge is -2.34. The zero-order valence-electron chi connectivity index (χ0n) is 25.7. The van der Waals surface area contributed by atoms with E-state index in [9.17, 15) is 9.50 Å². The molecule has 242 valence electrons. The van der Waals surface area contributed by atoms with E-state index in [2.05, 4.69) is 26.0 Å². The van der Waals surface area contributed by atoms with Crippen LogP contribution >= 0.6 is 0 Å². The summed E-state index contributed by atoms with van der Waals surface area (Å²) in [5.74, 6) is -0.0575. The normalized spacial score (nSPS) is 26.0. The molecule has 4 atom stereocenters. The van der Waals surface area contributed by atoms with E-state index in [-0.39, 0.29) is 56.7 Å². The van der Waals surface area contributed by atoms with Crippen molar-refractivity contribution in [3.63, 3.8) is 0 Å². The van der Waals surface area contributed by atoms with E-state index in [1.54, 1.807) is 0 Å². The number of terminal acetylenes is 1. The number of piperazine rings is 1. The van der Waals surface area contributed by atoms with Gasteiger partial charge in [0.05, 0.1) is 30.4 Å². The molecule has 47 heavy (non-hydrogen) atoms. The van der Waals surface area contributed by atoms with E-state index < -0.39 is 23.0 Å². The van der Waals surface area contributed by atoms with Crippen molar-refractivity contribution in [3.8, 4) is 35.2 Å². The lowest BCUT2D eigenvalue weighted by Crippen LogP contribution is -2.51. The number of hydrogen-bond acceptors (Lipinski definition) is 8. The molecule has 3 aromatic carbocycles. The highest BCUT2D eigenvalue weighted by molar-refractivity contribution is 6.04. The molecule has 4 aromatic rings. The fraction of sp³-hybridized carbons (Fsp3) is 0.444. The molecule has 2 unspecified atom stereocenters. The van der Waals surface area contributed by atoms with Crippen LogP contribution in [0.2, 0.25) is 0 Å². The van der Waals surface area contributed by atoms with Crippen molar-refractivity contribution in [2.75, 3.05) is 44.3 Å². The predicted molar refractivity (Wildman–Crippen MR) is 171 cm³/mol. The number of nitrogens with zero attached hydrogens (tertiary/aromatic N) is 4. The van der Waals surface area contributed by atoms with Crippen LogP contribution in [0, 0.1) is 35.2 Å². The molecule has 1 aromatic heterocycles. The summed E-state index contributed by atoms with van der Waals surface area (Å²) in [6.07, 6.45) is 11.1. The van der Waals surface area contributed by atoms with Crippen LogP contribution in [0.1, 0.15) is 37.7 Å². The van der Waals surface area contributed by atoms with Crippen LogP contribution in [-0.4, -0.2) is 83.6 Å². The van der Waals surface area contributed by atoms with Crippen LogP contribution in [0.5, 0.6) is 11.8 Å². The standard InChI is InChI=1S/C36H34F3N5O3/c1-2-25-28(37)6-3-19-9-23(45)11-26(30(19)25)31-29(38)12-27-33(32(31)39)41-35(42-34(27)43-13-20-4-5-21(14-43)40-20)47-18-36(7-8-36)17-44-15-24-10-22(44)16-46-24/h1,3,6,9,11-12,20-22,24,40,45H,4-5,7-8,10,13-18H2/t20?,21?,22-,24-/m1/s1. The van der Waals surface area contributed by atoms with Crippen LogP contribution in [0.25, 0.3) is 32.8 Å². The number of nitrogens with one attached hydrogen (secondary N) is 1. The molecule has 9 rings (SSSR count). The van der Waals surface area contributed by atoms with Crippen molar-refractivity contribution in [1.82, 2.24) is 20.2 Å². The summed E-state index contributed by atoms with van der Waals surface area (Å²) in [4.78, 5) is 13.9. The second-order valence-electron chi connectivity index (χ2n) is 14.0. The summed E-state index contributed by atoms with van der Waals surface area (Å²) in [5.41, 5.74) is -0.803. The number of fused-ring (bicyclic) bond motifs is 6. The molecule has 4 saturated heterocycles. The van der Waals surface area contributed by atoms with E-state index in [1.165, 1.54) is 30.3 Å². The van der Waals surface area contributed by atoms with Gasteiger partial charge in [0, 0.05) is 66.1 Å². The number of phenolic OH excluding ortho intramolecular Hbond substituents is 1. The molecule has 5 fully saturated rings. The van der Waals surface area contributed by atoms with Gasteiger partial charge >= 0.3 is 6.01 Å². The quantitative estimate of drug-likeness (QED) is 0.269. The second-order valence-corrected chi connectivity index (χ2v) is 14.0. The monoisotopic (exact) mass is 641 g/mol. The van der Waals surface area contributed by atoms with Gasteiger partial charge in [0.2, 0.25) is 0 Å². The third-order valence-electron chi connectivity index (χ3n) is 10.8. The number of aromatic nitrogens is 2. The Morgan fingerprint density at radius 1 is 1.06 bits per heavy atom. The van der Waals surface area contributed by atoms with Crippen molar-refractivity contribution in [2.24, 2.45) is 5.41 Å². The molecule has 2 N–H and O–H groups in total. The zero-order chi connectivity index (χ0) is 32.0. The Hall–Kier alpha value is -4.11. The first-order valence-electron chi connectivity index (χ1n) is 16.4. The third kappa shape index (κ3) is 4.88. The Kier molecular flexibility index (Phi) is 6.62. The topological polar surface area (TPSA) is 83.0 Å². The van der Waals surface area contributed by atoms with Gasteiger partial charge in [-0.1, -0.05) is 12.0 Å². The van der Waals surface area contributed by atoms with Crippen LogP contribution in [0.15, 0.2) is 30.3 Å². The molecule has 0 amide bonds. The van der Waals surface area contributed by atoms with Crippen LogP contribution < -0.4 is 15.0 Å². The summed E-state index contributed by atoms with van der Waals surface area (Å²) < 4.78 is 60.1. The minimum Gasteiger partial charge on any atom is -0.508 e. The van der Waals surface area contributed by atoms with Crippen LogP contribution in [0.4, 0.5) is 19.0 Å². The van der Waals surface area contributed by atoms with Gasteiger partial charge in [-0.25, -0.2) is 13.2 Å². The Labute approximate surface area is 269 Å². The average molecular weight is 642 g/mol. The number of aromatic hydroxyl groups is 1. The summed E-state index contributed by atoms with van der Waals surface area (Å²) >= 11 is 0. The maximum absolute atomic E-state index is 16.9. The van der Waals surface area contributed by atoms with E-state index in [1.807, 2.05) is 0 Å². The number of likely N-dealkylation sites (tertiary alicyclic amines) is 1. The van der Waals surface area contributed by atoms with Gasteiger partial charge in [0.1, 0.15) is 28.7 Å². The SMILES string of the molecule is C#Cc1c(F)ccc2cc(O)cc(-c3c(F)cc4c(N5CC6CCC(C5)N6)nc(OCC5(CN6C[C@H]7C[C@@H]6CO7)CC5)nc4c3F)c12. The number of ether oxygens (including phenoxy) is 2. The highest BCUT2D eigenvalue weighted by atomic mass is 19.1. The minimum atomic E-state index is -0.958. The molecule has 1 aliphatic carbocycles. The number of rotatable bonds is 7. The van der Waals surface area contributed by atoms with Crippen LogP contribution in [0.3, 0.4) is 0 Å². The van der Waals surface area contributed by atoms with E-state index >= 15 is 8.78 Å². The number of hydrogen-bond donors (Lipinski definition) is 2. The van der Waals surface area contributed by atoms with Crippen molar-refractivity contribution < 1.29 is 27.8 Å². The van der Waals surface area contributed by atoms with Gasteiger partial charge in [-0.15, -0.1) is 6.42 Å². The van der Waals surface area contributed by atoms with Crippen LogP contribution in [-0.2, 0) is 4.74 Å². The summed E-state index contributed by atoms with van der Waals surface area (Å²) in [5, 5.41) is 14.8. The van der Waals surface area contributed by atoms with Crippen molar-refractivity contribution in [3.05, 3.63) is 53.3 Å². The molecule has 1 saturated carbocycles. The minimum absolute atomic E-state index is 0.0280. The van der Waals surface area contributed by atoms with Gasteiger partial charge < -0.3 is 24.8 Å². The maximum atomic E-state index is 16.9. The lowest BCUT2D eigenvalue weighted by atomic mass is 9.92. The first kappa shape index (κ1) is 29.1. The summed E-state index contributed by atoms with van der Waals surface area (Å²) in [6.45, 7) is 4.27. The first-order valence-corrected chi connectivity index (χ1v) is 16.4. The fourth-order valence-corrected chi connectivity index (χ4v) is 8.29. The third-order valence-corrected chi connectivity index (χ3v) is 10.8. The predicted octanol–water partition coefficient (Wildman–Crippen LogP) is 5.13. The average Bonchev–Trinajstić information content (AvgIpc) is 3.32. The fourth-order valence-electron chi connectivity index (χ4n) is 8.29. The summed E-state index contributed by atoms with van der Waals surface area (Å²) in [7, 11) is 0. The second kappa shape index (κ2) is 10.7. The molecule has 8 nitrogen and oxygen atoms in total. The Balaban J connectivity index is 1.15. The van der Waals surface area contributed by atoms with Crippen molar-refractivity contribution in [2.45, 2.75) is 56.3 Å². The number of benzene rings is 3. The van der Waals surface area contributed by atoms with E-state index in [0.29, 0.717) is 43.0 Å². The Morgan fingerprint density at radius 3 is 2.57 bits per heavy atom. The highest BCUT2D eigenvalue weighted by Gasteiger charge is 2.49. The molecule has 4 bridgehead atoms. The van der Waals surface area contributed by atoms with Gasteiger partial charge in [-0.05, 0) is 61.8 Å². The largest absolute Gasteiger partial charge is 0.508 e. The number of anilines is 1. The van der Waals surface area contributed by atoms with Gasteiger partial charge in [-0.3, -0.25) is 4.90 Å². The molecule has 4 aliphatic heterocycles. The molecular formula is C36H34F3N5O3. The van der Waals surface area contributed by atoms with Crippen molar-refractivity contribution in [1.29, 1.82) is 0 Å². The number of phenols is 1. The summed E-state index contributed by atoms with van der Waals surface area (Å²) in [6, 6.07) is 7.40. The smallest absolute Gasteiger partial charge is 0.319 e. The molecule has 5 aliphatic rings. The zero-order valence-corrected chi connectivity index (χ0v) is 25.7. The number of morpholine rings is 1. The van der Waals surface area contributed by atoms with E-state index in [0.717, 1.165) is 51.8 Å². The van der Waals surface area contributed by atoms with Gasteiger partial charge in [0.25, 0.3) is 0 Å². The first-order chi connectivity index (χ1) is 22.8. The Morgan fingerprint density at radius 2 is 1.87 bits per heavy atom. The molecule has 0 spiro atoms. The molecule has 5 heterocycles. The van der Waals surface area contributed by atoms with Crippen molar-refractivity contribution >= 4 is 27.5 Å².